The van der Waals surface area contributed by atoms with Gasteiger partial charge in [0, 0.05) is 25.0 Å². The van der Waals surface area contributed by atoms with Crippen LogP contribution in [0.25, 0.3) is 0 Å². The third kappa shape index (κ3) is 6.49. The Morgan fingerprint density at radius 2 is 1.89 bits per heavy atom. The highest BCUT2D eigenvalue weighted by atomic mass is 35.5. The number of anilines is 1. The molecular formula is C20H23ClN2O4. The molecule has 2 rings (SSSR count). The molecule has 0 heterocycles. The number of hydrogen-bond acceptors (Lipinski definition) is 4. The molecular weight excluding hydrogens is 368 g/mol. The minimum Gasteiger partial charge on any atom is -0.495 e. The number of nitrogens with one attached hydrogen (secondary N) is 1. The molecule has 0 aliphatic rings. The lowest BCUT2D eigenvalue weighted by Crippen LogP contribution is -2.38. The van der Waals surface area contributed by atoms with Crippen LogP contribution in [0.2, 0.25) is 5.02 Å². The second-order valence-corrected chi connectivity index (χ2v) is 6.18. The summed E-state index contributed by atoms with van der Waals surface area (Å²) in [5, 5.41) is 3.29. The van der Waals surface area contributed by atoms with Crippen LogP contribution in [0.15, 0.2) is 48.5 Å². The van der Waals surface area contributed by atoms with Gasteiger partial charge in [-0.1, -0.05) is 29.8 Å². The molecule has 0 saturated carbocycles. The molecule has 0 fully saturated rings. The second kappa shape index (κ2) is 10.4. The van der Waals surface area contributed by atoms with E-state index < -0.39 is 0 Å². The fourth-order valence-corrected chi connectivity index (χ4v) is 2.66. The normalized spacial score (nSPS) is 10.2. The van der Waals surface area contributed by atoms with Crippen molar-refractivity contribution in [1.29, 1.82) is 0 Å². The van der Waals surface area contributed by atoms with Crippen molar-refractivity contribution in [3.8, 4) is 11.5 Å². The predicted molar refractivity (Wildman–Crippen MR) is 106 cm³/mol. The number of hydrogen-bond donors (Lipinski definition) is 1. The van der Waals surface area contributed by atoms with Gasteiger partial charge in [-0.2, -0.15) is 0 Å². The van der Waals surface area contributed by atoms with Gasteiger partial charge in [-0.3, -0.25) is 9.59 Å². The molecule has 0 spiro atoms. The summed E-state index contributed by atoms with van der Waals surface area (Å²) in [6.45, 7) is 2.35. The molecule has 2 aromatic rings. The minimum atomic E-state index is -0.169. The number of para-hydroxylation sites is 1. The molecule has 0 unspecified atom stereocenters. The van der Waals surface area contributed by atoms with Crippen LogP contribution in [0.3, 0.4) is 0 Å². The first-order valence-corrected chi connectivity index (χ1v) is 8.95. The van der Waals surface area contributed by atoms with E-state index in [1.807, 2.05) is 30.3 Å². The molecule has 0 aliphatic carbocycles. The zero-order chi connectivity index (χ0) is 19.6. The van der Waals surface area contributed by atoms with Crippen LogP contribution in [0.1, 0.15) is 13.3 Å². The van der Waals surface area contributed by atoms with Crippen molar-refractivity contribution in [3.05, 3.63) is 53.6 Å². The van der Waals surface area contributed by atoms with Crippen LogP contribution < -0.4 is 19.7 Å². The Kier molecular flexibility index (Phi) is 7.95. The molecule has 144 valence electrons. The van der Waals surface area contributed by atoms with Gasteiger partial charge in [0.2, 0.25) is 11.8 Å². The number of halogens is 1. The SMILES string of the molecule is COc1ccc(Cl)cc1N(CCNC(=O)CCOc1ccccc1)C(C)=O. The van der Waals surface area contributed by atoms with Crippen molar-refractivity contribution in [2.45, 2.75) is 13.3 Å². The van der Waals surface area contributed by atoms with E-state index in [1.54, 1.807) is 18.2 Å². The predicted octanol–water partition coefficient (Wildman–Crippen LogP) is 3.29. The van der Waals surface area contributed by atoms with E-state index in [0.29, 0.717) is 29.5 Å². The zero-order valence-electron chi connectivity index (χ0n) is 15.4. The quantitative estimate of drug-likeness (QED) is 0.713. The summed E-state index contributed by atoms with van der Waals surface area (Å²) < 4.78 is 10.8. The fourth-order valence-electron chi connectivity index (χ4n) is 2.50. The molecule has 1 N–H and O–H groups in total. The first-order chi connectivity index (χ1) is 13.0. The van der Waals surface area contributed by atoms with Crippen molar-refractivity contribution < 1.29 is 19.1 Å². The highest BCUT2D eigenvalue weighted by Gasteiger charge is 2.17. The van der Waals surface area contributed by atoms with Gasteiger partial charge in [0.1, 0.15) is 11.5 Å². The number of nitrogens with zero attached hydrogens (tertiary/aromatic N) is 1. The molecule has 6 nitrogen and oxygen atoms in total. The molecule has 2 aromatic carbocycles. The number of carbonyl (C=O) groups is 2. The molecule has 0 aromatic heterocycles. The Morgan fingerprint density at radius 1 is 1.15 bits per heavy atom. The number of methoxy groups -OCH3 is 1. The maximum absolute atomic E-state index is 12.0. The first kappa shape index (κ1) is 20.6. The summed E-state index contributed by atoms with van der Waals surface area (Å²) >= 11 is 6.04. The van der Waals surface area contributed by atoms with E-state index in [1.165, 1.54) is 18.9 Å². The van der Waals surface area contributed by atoms with Crippen molar-refractivity contribution in [2.75, 3.05) is 31.7 Å². The van der Waals surface area contributed by atoms with Crippen LogP contribution >= 0.6 is 11.6 Å². The van der Waals surface area contributed by atoms with Crippen molar-refractivity contribution in [1.82, 2.24) is 5.32 Å². The van der Waals surface area contributed by atoms with Gasteiger partial charge in [0.05, 0.1) is 25.8 Å². The van der Waals surface area contributed by atoms with E-state index in [4.69, 9.17) is 21.1 Å². The van der Waals surface area contributed by atoms with Crippen LogP contribution in [0.4, 0.5) is 5.69 Å². The number of ether oxygens (including phenoxy) is 2. The minimum absolute atomic E-state index is 0.146. The van der Waals surface area contributed by atoms with Crippen molar-refractivity contribution in [2.24, 2.45) is 0 Å². The third-order valence-electron chi connectivity index (χ3n) is 3.81. The average Bonchev–Trinajstić information content (AvgIpc) is 2.66. The molecule has 7 heteroatoms. The Hall–Kier alpha value is -2.73. The average molecular weight is 391 g/mol. The summed E-state index contributed by atoms with van der Waals surface area (Å²) in [5.74, 6) is 0.947. The number of carbonyl (C=O) groups excluding carboxylic acids is 2. The number of benzene rings is 2. The van der Waals surface area contributed by atoms with Gasteiger partial charge >= 0.3 is 0 Å². The molecule has 0 saturated heterocycles. The Morgan fingerprint density at radius 3 is 2.56 bits per heavy atom. The fraction of sp³-hybridized carbons (Fsp3) is 0.300. The lowest BCUT2D eigenvalue weighted by atomic mass is 10.2. The summed E-state index contributed by atoms with van der Waals surface area (Å²) in [7, 11) is 1.53. The lowest BCUT2D eigenvalue weighted by Gasteiger charge is -2.23. The summed E-state index contributed by atoms with van der Waals surface area (Å²) in [5.41, 5.74) is 0.569. The molecule has 0 bridgehead atoms. The number of amides is 2. The van der Waals surface area contributed by atoms with Crippen LogP contribution in [-0.2, 0) is 9.59 Å². The molecule has 0 aliphatic heterocycles. The third-order valence-corrected chi connectivity index (χ3v) is 4.05. The van der Waals surface area contributed by atoms with E-state index in [2.05, 4.69) is 5.32 Å². The highest BCUT2D eigenvalue weighted by molar-refractivity contribution is 6.31. The van der Waals surface area contributed by atoms with E-state index >= 15 is 0 Å². The second-order valence-electron chi connectivity index (χ2n) is 5.75. The maximum atomic E-state index is 12.0. The van der Waals surface area contributed by atoms with Gasteiger partial charge in [0.25, 0.3) is 0 Å². The monoisotopic (exact) mass is 390 g/mol. The largest absolute Gasteiger partial charge is 0.495 e. The first-order valence-electron chi connectivity index (χ1n) is 8.57. The molecule has 2 amide bonds. The van der Waals surface area contributed by atoms with Crippen molar-refractivity contribution >= 4 is 29.1 Å². The lowest BCUT2D eigenvalue weighted by molar-refractivity contribution is -0.122. The topological polar surface area (TPSA) is 67.9 Å². The van der Waals surface area contributed by atoms with E-state index in [0.717, 1.165) is 5.75 Å². The van der Waals surface area contributed by atoms with Gasteiger partial charge in [-0.15, -0.1) is 0 Å². The van der Waals surface area contributed by atoms with E-state index in [-0.39, 0.29) is 24.8 Å². The Labute approximate surface area is 164 Å². The Balaban J connectivity index is 1.83. The smallest absolute Gasteiger partial charge is 0.224 e. The van der Waals surface area contributed by atoms with Crippen molar-refractivity contribution in [3.63, 3.8) is 0 Å². The van der Waals surface area contributed by atoms with Gasteiger partial charge in [-0.25, -0.2) is 0 Å². The Bertz CT molecular complexity index is 768. The number of rotatable bonds is 9. The van der Waals surface area contributed by atoms with Gasteiger partial charge in [-0.05, 0) is 30.3 Å². The molecule has 0 radical (unpaired) electrons. The molecule has 0 atom stereocenters. The summed E-state index contributed by atoms with van der Waals surface area (Å²) in [6.07, 6.45) is 0.232. The van der Waals surface area contributed by atoms with Crippen LogP contribution in [0.5, 0.6) is 11.5 Å². The van der Waals surface area contributed by atoms with Crippen LogP contribution in [-0.4, -0.2) is 38.6 Å². The zero-order valence-corrected chi connectivity index (χ0v) is 16.2. The van der Waals surface area contributed by atoms with Crippen LogP contribution in [0, 0.1) is 0 Å². The standard InChI is InChI=1S/C20H23ClN2O4/c1-15(24)23(18-14-16(21)8-9-19(18)26-2)12-11-22-20(25)10-13-27-17-6-4-3-5-7-17/h3-9,14H,10-13H2,1-2H3,(H,22,25). The van der Waals surface area contributed by atoms with Gasteiger partial charge in [0.15, 0.2) is 0 Å². The molecule has 27 heavy (non-hydrogen) atoms. The van der Waals surface area contributed by atoms with E-state index in [9.17, 15) is 9.59 Å². The highest BCUT2D eigenvalue weighted by Crippen LogP contribution is 2.31. The summed E-state index contributed by atoms with van der Waals surface area (Å²) in [6, 6.07) is 14.4. The maximum Gasteiger partial charge on any atom is 0.224 e. The van der Waals surface area contributed by atoms with Gasteiger partial charge < -0.3 is 19.7 Å². The summed E-state index contributed by atoms with van der Waals surface area (Å²) in [4.78, 5) is 25.5.